The number of carbonyl (C=O) groups is 3. The number of hydrogen-bond acceptors (Lipinski definition) is 18. The van der Waals surface area contributed by atoms with Gasteiger partial charge in [-0.25, -0.2) is 5.84 Å². The number of nitrogens with zero attached hydrogens (tertiary/aromatic N) is 4. The average Bonchev–Trinajstić information content (AvgIpc) is 3.94. The lowest BCUT2D eigenvalue weighted by Gasteiger charge is -2.34. The quantitative estimate of drug-likeness (QED) is 0.00998. The molecule has 1 unspecified atom stereocenters. The molecule has 80 heavy (non-hydrogen) atoms. The van der Waals surface area contributed by atoms with Gasteiger partial charge in [0, 0.05) is 79.1 Å². The SMILES string of the molecule is COCCOCCOCCN(CC(C)(C)SSCCC(C(=O)NN)S(=O)(=O)O)c1cc(COc2cc3c(cc2OC)C(=O)N2c4ccccc4C[C@H]2C=N3)cc(COc2cc3c(cc2OC)C(=O)N2c4ccccc4C[C@H]2CN3)c1. The third-order valence-electron chi connectivity index (χ3n) is 14.1. The highest BCUT2D eigenvalue weighted by Crippen LogP contribution is 2.44. The van der Waals surface area contributed by atoms with Crippen LogP contribution in [0, 0.1) is 0 Å². The number of amides is 3. The van der Waals surface area contributed by atoms with Gasteiger partial charge in [0.05, 0.1) is 81.8 Å². The van der Waals surface area contributed by atoms with Crippen LogP contribution in [0.25, 0.3) is 0 Å². The highest BCUT2D eigenvalue weighted by molar-refractivity contribution is 8.77. The topological polar surface area (TPSA) is 242 Å². The number of hydrazine groups is 1. The number of anilines is 4. The van der Waals surface area contributed by atoms with E-state index >= 15 is 0 Å². The van der Waals surface area contributed by atoms with E-state index in [1.807, 2.05) is 83.3 Å². The minimum atomic E-state index is -4.70. The van der Waals surface area contributed by atoms with Gasteiger partial charge in [-0.3, -0.25) is 34.3 Å². The van der Waals surface area contributed by atoms with Crippen LogP contribution in [-0.4, -0.2) is 139 Å². The fraction of sp³-hybridized carbons (Fsp3) is 0.404. The molecule has 3 atom stereocenters. The number of nitrogens with two attached hydrogens (primary N) is 1. The van der Waals surface area contributed by atoms with Gasteiger partial charge in [-0.1, -0.05) is 58.0 Å². The number of hydrogen-bond donors (Lipinski definition) is 4. The Bertz CT molecular complexity index is 3220. The summed E-state index contributed by atoms with van der Waals surface area (Å²) in [5.74, 6) is 5.71. The molecular formula is C57H67N7O13S3. The van der Waals surface area contributed by atoms with Crippen LogP contribution in [0.5, 0.6) is 23.0 Å². The second-order valence-electron chi connectivity index (χ2n) is 20.2. The van der Waals surface area contributed by atoms with Crippen LogP contribution < -0.4 is 50.2 Å². The Morgan fingerprint density at radius 2 is 1.43 bits per heavy atom. The summed E-state index contributed by atoms with van der Waals surface area (Å²) in [5.41, 5.74) is 10.1. The van der Waals surface area contributed by atoms with Crippen LogP contribution in [0.1, 0.15) is 63.2 Å². The van der Waals surface area contributed by atoms with E-state index in [0.29, 0.717) is 105 Å². The Balaban J connectivity index is 1.01. The molecule has 20 nitrogen and oxygen atoms in total. The maximum atomic E-state index is 14.3. The number of benzene rings is 5. The van der Waals surface area contributed by atoms with Gasteiger partial charge in [0.25, 0.3) is 27.8 Å². The van der Waals surface area contributed by atoms with Crippen molar-refractivity contribution >= 4 is 84.1 Å². The predicted molar refractivity (Wildman–Crippen MR) is 311 cm³/mol. The largest absolute Gasteiger partial charge is 0.493 e. The summed E-state index contributed by atoms with van der Waals surface area (Å²) < 4.78 is 75.2. The Morgan fingerprint density at radius 3 is 2.09 bits per heavy atom. The minimum Gasteiger partial charge on any atom is -0.493 e. The van der Waals surface area contributed by atoms with Crippen LogP contribution in [0.3, 0.4) is 0 Å². The molecule has 4 aliphatic rings. The second kappa shape index (κ2) is 25.9. The van der Waals surface area contributed by atoms with E-state index in [9.17, 15) is 27.4 Å². The second-order valence-corrected chi connectivity index (χ2v) is 24.9. The van der Waals surface area contributed by atoms with Gasteiger partial charge in [-0.2, -0.15) is 8.42 Å². The van der Waals surface area contributed by atoms with E-state index in [1.165, 1.54) is 28.7 Å². The van der Waals surface area contributed by atoms with Gasteiger partial charge < -0.3 is 48.3 Å². The number of nitrogens with one attached hydrogen (secondary N) is 2. The van der Waals surface area contributed by atoms with Crippen molar-refractivity contribution in [2.45, 2.75) is 68.4 Å². The first-order valence-electron chi connectivity index (χ1n) is 26.2. The van der Waals surface area contributed by atoms with E-state index in [4.69, 9.17) is 44.0 Å². The molecule has 0 saturated carbocycles. The van der Waals surface area contributed by atoms with Crippen molar-refractivity contribution in [1.82, 2.24) is 5.43 Å². The predicted octanol–water partition coefficient (Wildman–Crippen LogP) is 7.43. The van der Waals surface area contributed by atoms with E-state index in [2.05, 4.69) is 30.1 Å². The van der Waals surface area contributed by atoms with Gasteiger partial charge in [-0.15, -0.1) is 0 Å². The Kier molecular flexibility index (Phi) is 18.8. The summed E-state index contributed by atoms with van der Waals surface area (Å²) in [6.07, 6.45) is 3.04. The van der Waals surface area contributed by atoms with Crippen LogP contribution in [0.15, 0.2) is 96.0 Å². The standard InChI is InChI=1S/C57H67N7O13S3/c1-57(2,79-78-21-14-53(54(65)61-58)80(68,69)70)35-62(15-16-74-19-20-75-18-17-71-3)40-23-36(33-76-51-29-45-43(27-49(51)72-4)55(66)63-41(31-59-45)25-38-10-6-8-12-47(38)63)22-37(24-40)34-77-52-30-46-44(28-50(52)73-5)56(67)64-42(32-60-46)26-39-11-7-9-13-48(39)64/h6-13,22-24,27-31,41-42,53,60H,14-21,25-26,32-35,58H2,1-5H3,(H,61,65)(H,68,69,70)/t41-,42-,53?/m0/s1. The summed E-state index contributed by atoms with van der Waals surface area (Å²) in [7, 11) is 2.86. The van der Waals surface area contributed by atoms with Crippen molar-refractivity contribution in [3.63, 3.8) is 0 Å². The number of rotatable bonds is 27. The molecule has 5 aromatic rings. The summed E-state index contributed by atoms with van der Waals surface area (Å²) in [6, 6.07) is 28.6. The van der Waals surface area contributed by atoms with Crippen LogP contribution in [-0.2, 0) is 55.2 Å². The summed E-state index contributed by atoms with van der Waals surface area (Å²) in [6.45, 7) is 7.65. The summed E-state index contributed by atoms with van der Waals surface area (Å²) in [5, 5.41) is 1.81. The average molecular weight is 1150 g/mol. The first-order valence-corrected chi connectivity index (χ1v) is 30.0. The van der Waals surface area contributed by atoms with Gasteiger partial charge in [-0.05, 0) is 91.4 Å². The molecule has 0 spiro atoms. The molecule has 5 N–H and O–H groups in total. The van der Waals surface area contributed by atoms with Crippen LogP contribution in [0.4, 0.5) is 28.4 Å². The van der Waals surface area contributed by atoms with Crippen molar-refractivity contribution in [1.29, 1.82) is 0 Å². The molecule has 0 bridgehead atoms. The van der Waals surface area contributed by atoms with Crippen molar-refractivity contribution < 1.29 is 60.5 Å². The zero-order chi connectivity index (χ0) is 56.6. The molecule has 0 aliphatic carbocycles. The molecule has 23 heteroatoms. The molecule has 426 valence electrons. The number of carbonyl (C=O) groups excluding carboxylic acids is 3. The van der Waals surface area contributed by atoms with E-state index < -0.39 is 26.0 Å². The summed E-state index contributed by atoms with van der Waals surface area (Å²) >= 11 is 0. The van der Waals surface area contributed by atoms with Crippen molar-refractivity contribution in [3.05, 3.63) is 124 Å². The molecule has 0 aromatic heterocycles. The molecule has 4 aliphatic heterocycles. The van der Waals surface area contributed by atoms with E-state index in [0.717, 1.165) is 45.7 Å². The smallest absolute Gasteiger partial charge is 0.277 e. The molecule has 0 radical (unpaired) electrons. The third-order valence-corrected chi connectivity index (χ3v) is 18.6. The highest BCUT2D eigenvalue weighted by Gasteiger charge is 2.39. The highest BCUT2D eigenvalue weighted by atomic mass is 33.1. The van der Waals surface area contributed by atoms with Crippen LogP contribution >= 0.6 is 21.6 Å². The molecular weight excluding hydrogens is 1090 g/mol. The minimum absolute atomic E-state index is 0.0607. The lowest BCUT2D eigenvalue weighted by atomic mass is 10.1. The summed E-state index contributed by atoms with van der Waals surface area (Å²) in [4.78, 5) is 51.4. The number of fused-ring (bicyclic) bond motifs is 8. The lowest BCUT2D eigenvalue weighted by Crippen LogP contribution is -2.43. The molecule has 0 saturated heterocycles. The maximum absolute atomic E-state index is 14.3. The van der Waals surface area contributed by atoms with Gasteiger partial charge in [0.15, 0.2) is 28.2 Å². The third kappa shape index (κ3) is 13.4. The van der Waals surface area contributed by atoms with Crippen molar-refractivity contribution in [3.8, 4) is 23.0 Å². The Labute approximate surface area is 474 Å². The van der Waals surface area contributed by atoms with E-state index in [1.54, 1.807) is 37.3 Å². The molecule has 0 fully saturated rings. The molecule has 9 rings (SSSR count). The molecule has 4 heterocycles. The fourth-order valence-electron chi connectivity index (χ4n) is 10.3. The van der Waals surface area contributed by atoms with Gasteiger partial charge in [0.1, 0.15) is 13.2 Å². The van der Waals surface area contributed by atoms with Crippen LogP contribution in [0.2, 0.25) is 0 Å². The fourth-order valence-corrected chi connectivity index (χ4v) is 13.8. The molecule has 5 aromatic carbocycles. The maximum Gasteiger partial charge on any atom is 0.277 e. The van der Waals surface area contributed by atoms with Gasteiger partial charge >= 0.3 is 0 Å². The van der Waals surface area contributed by atoms with Crippen molar-refractivity contribution in [2.24, 2.45) is 10.8 Å². The number of para-hydroxylation sites is 2. The molecule has 3 amide bonds. The monoisotopic (exact) mass is 1150 g/mol. The van der Waals surface area contributed by atoms with Gasteiger partial charge in [0.2, 0.25) is 0 Å². The first kappa shape index (κ1) is 58.1. The Morgan fingerprint density at radius 1 is 0.812 bits per heavy atom. The first-order chi connectivity index (χ1) is 38.6. The zero-order valence-electron chi connectivity index (χ0n) is 45.3. The van der Waals surface area contributed by atoms with E-state index in [-0.39, 0.29) is 49.3 Å². The number of aliphatic imine (C=N–C) groups is 1. The normalized spacial score (nSPS) is 16.5. The Hall–Kier alpha value is -6.57. The zero-order valence-corrected chi connectivity index (χ0v) is 47.8. The lowest BCUT2D eigenvalue weighted by molar-refractivity contribution is -0.120. The number of ether oxygens (including phenoxy) is 7. The van der Waals surface area contributed by atoms with Crippen molar-refractivity contribution in [2.75, 3.05) is 99.8 Å². The number of methoxy groups -OCH3 is 3.